The van der Waals surface area contributed by atoms with Crippen LogP contribution in [-0.2, 0) is 49.3 Å². The minimum atomic E-state index is -1.17. The summed E-state index contributed by atoms with van der Waals surface area (Å²) in [5, 5.41) is 55.2. The van der Waals surface area contributed by atoms with Crippen molar-refractivity contribution in [2.75, 3.05) is 13.7 Å². The normalized spacial score (nSPS) is 37.4. The first-order chi connectivity index (χ1) is 37.4. The lowest BCUT2D eigenvalue weighted by atomic mass is 9.69. The number of hydrogen-bond acceptors (Lipinski definition) is 14. The zero-order valence-corrected chi connectivity index (χ0v) is 48.6. The lowest BCUT2D eigenvalue weighted by molar-refractivity contribution is -0.280. The number of hydrazine groups is 1. The van der Waals surface area contributed by atoms with E-state index < -0.39 is 108 Å². The van der Waals surface area contributed by atoms with E-state index in [-0.39, 0.29) is 60.6 Å². The molecule has 6 rings (SSSR count). The molecular formula is C61H93N5O13. The first-order valence-corrected chi connectivity index (χ1v) is 29.0. The van der Waals surface area contributed by atoms with Crippen LogP contribution in [-0.4, -0.2) is 135 Å². The summed E-state index contributed by atoms with van der Waals surface area (Å²) in [4.78, 5) is 70.6. The molecule has 18 atom stereocenters. The molecule has 4 saturated heterocycles. The molecule has 0 saturated carbocycles. The number of phenols is 1. The number of piperidine rings is 1. The third kappa shape index (κ3) is 15.7. The minimum absolute atomic E-state index is 0.00586. The van der Waals surface area contributed by atoms with Crippen LogP contribution in [0.25, 0.3) is 0 Å². The molecule has 1 aromatic rings. The number of nitrogens with one attached hydrogen (secondary N) is 4. The number of carbonyl (C=O) groups is 5. The second-order valence-corrected chi connectivity index (χ2v) is 23.9. The largest absolute Gasteiger partial charge is 0.508 e. The predicted octanol–water partition coefficient (Wildman–Crippen LogP) is 6.22. The highest BCUT2D eigenvalue weighted by atomic mass is 16.7. The number of benzene rings is 1. The maximum absolute atomic E-state index is 14.6. The van der Waals surface area contributed by atoms with Crippen LogP contribution in [0.2, 0.25) is 0 Å². The van der Waals surface area contributed by atoms with Crippen LogP contribution in [0.1, 0.15) is 139 Å². The third-order valence-corrected chi connectivity index (χ3v) is 17.8. The van der Waals surface area contributed by atoms with E-state index >= 15 is 0 Å². The fourth-order valence-corrected chi connectivity index (χ4v) is 12.1. The molecule has 79 heavy (non-hydrogen) atoms. The van der Waals surface area contributed by atoms with E-state index in [1.54, 1.807) is 58.1 Å². The molecule has 0 aromatic heterocycles. The van der Waals surface area contributed by atoms with Crippen molar-refractivity contribution in [1.82, 2.24) is 26.4 Å². The Hall–Kier alpha value is -4.95. The number of aliphatic hydroxyl groups excluding tert-OH is 3. The van der Waals surface area contributed by atoms with E-state index in [1.165, 1.54) is 24.3 Å². The summed E-state index contributed by atoms with van der Waals surface area (Å²) >= 11 is 0. The molecule has 1 spiro atoms. The Morgan fingerprint density at radius 2 is 1.72 bits per heavy atom. The van der Waals surface area contributed by atoms with Gasteiger partial charge in [0.2, 0.25) is 17.7 Å². The number of methoxy groups -OCH3 is 1. The first-order valence-electron chi connectivity index (χ1n) is 29.0. The number of aliphatic hydroxyl groups is 3. The quantitative estimate of drug-likeness (QED) is 0.0807. The highest BCUT2D eigenvalue weighted by Crippen LogP contribution is 2.46. The van der Waals surface area contributed by atoms with Crippen molar-refractivity contribution in [3.63, 3.8) is 0 Å². The number of hydrogen-bond donors (Lipinski definition) is 8. The van der Waals surface area contributed by atoms with Crippen molar-refractivity contribution in [2.24, 2.45) is 47.3 Å². The molecule has 18 nitrogen and oxygen atoms in total. The number of fused-ring (bicyclic) bond motifs is 3. The molecule has 1 aromatic carbocycles. The van der Waals surface area contributed by atoms with Crippen molar-refractivity contribution in [1.29, 1.82) is 0 Å². The number of cyclic esters (lactones) is 1. The molecule has 5 aliphatic heterocycles. The topological polar surface area (TPSA) is 255 Å². The van der Waals surface area contributed by atoms with Crippen molar-refractivity contribution in [3.05, 3.63) is 77.9 Å². The Morgan fingerprint density at radius 1 is 0.975 bits per heavy atom. The van der Waals surface area contributed by atoms with E-state index in [9.17, 15) is 44.4 Å². The minimum Gasteiger partial charge on any atom is -0.508 e. The standard InChI is InChI=1S/C61H93N5O13/c1-12-43-31-38(6)61(64-55(43)71)41(9)53(70)40(8)51(78-61)34-49(69)36(4)21-15-13-16-22-37(5)50-27-18-14-17-26-48(68)39(7)54-45(28-29-60(10,76-11)79-54)56(72)63-52(35(2)3)57(73)62-47(33-42-23-19-24-44(67)32-42)58(74)66-30-20-25-46(65-66)59(75)77-50/h13-14,16-19,22-24,26,32,35-36,38-41,43,45-54,65,67-70H,12,15,20-21,25,27-31,33-34H2,1-11H3,(H,62,73)(H,63,72)(H,64,71)/b16-13+,18-14+,26-17+,37-22+/t36-,38-,39-,40-,41-,43-,45+,46?,47-,48-,49-,50-,51-,52-,53-,54?,60-,61+/m0/s1. The summed E-state index contributed by atoms with van der Waals surface area (Å²) in [7, 11) is 1.53. The Labute approximate surface area is 468 Å². The molecule has 440 valence electrons. The smallest absolute Gasteiger partial charge is 0.325 e. The summed E-state index contributed by atoms with van der Waals surface area (Å²) in [6.45, 7) is 19.2. The monoisotopic (exact) mass is 1100 g/mol. The van der Waals surface area contributed by atoms with Gasteiger partial charge in [0.1, 0.15) is 35.7 Å². The second kappa shape index (κ2) is 28.2. The van der Waals surface area contributed by atoms with E-state index in [4.69, 9.17) is 18.9 Å². The fourth-order valence-electron chi connectivity index (χ4n) is 12.1. The summed E-state index contributed by atoms with van der Waals surface area (Å²) in [6.07, 6.45) is 13.0. The highest BCUT2D eigenvalue weighted by Gasteiger charge is 2.57. The Kier molecular flexibility index (Phi) is 22.5. The van der Waals surface area contributed by atoms with Crippen molar-refractivity contribution < 1.29 is 63.3 Å². The van der Waals surface area contributed by atoms with Gasteiger partial charge in [0.05, 0.1) is 36.4 Å². The van der Waals surface area contributed by atoms with Gasteiger partial charge in [0.25, 0.3) is 5.91 Å². The zero-order valence-electron chi connectivity index (χ0n) is 48.6. The average molecular weight is 1100 g/mol. The Bertz CT molecular complexity index is 2380. The maximum atomic E-state index is 14.6. The molecule has 5 heterocycles. The summed E-state index contributed by atoms with van der Waals surface area (Å²) in [6, 6.07) is 3.25. The predicted molar refractivity (Wildman–Crippen MR) is 299 cm³/mol. The number of amides is 4. The number of phenolic OH excluding ortho intramolecular Hbond substituents is 1. The van der Waals surface area contributed by atoms with E-state index in [2.05, 4.69) is 28.3 Å². The number of rotatable bonds is 13. The number of esters is 1. The summed E-state index contributed by atoms with van der Waals surface area (Å²) in [5.74, 6) is -5.81. The van der Waals surface area contributed by atoms with Crippen LogP contribution in [0.15, 0.2) is 72.4 Å². The molecule has 8 N–H and O–H groups in total. The fraction of sp³-hybridized carbons (Fsp3) is 0.689. The van der Waals surface area contributed by atoms with Crippen LogP contribution in [0.3, 0.4) is 0 Å². The number of ether oxygens (including phenoxy) is 4. The lowest BCUT2D eigenvalue weighted by Gasteiger charge is -2.56. The van der Waals surface area contributed by atoms with Crippen molar-refractivity contribution >= 4 is 29.6 Å². The number of aromatic hydroxyl groups is 1. The van der Waals surface area contributed by atoms with Gasteiger partial charge < -0.3 is 55.3 Å². The molecule has 0 aliphatic carbocycles. The van der Waals surface area contributed by atoms with E-state index in [0.29, 0.717) is 56.9 Å². The van der Waals surface area contributed by atoms with Crippen LogP contribution < -0.4 is 21.4 Å². The molecule has 4 fully saturated rings. The van der Waals surface area contributed by atoms with Crippen LogP contribution in [0, 0.1) is 47.3 Å². The Balaban J connectivity index is 1.20. The van der Waals surface area contributed by atoms with Crippen molar-refractivity contribution in [2.45, 2.75) is 206 Å². The van der Waals surface area contributed by atoms with Gasteiger partial charge in [-0.2, -0.15) is 0 Å². The van der Waals surface area contributed by atoms with Crippen LogP contribution >= 0.6 is 0 Å². The van der Waals surface area contributed by atoms with Gasteiger partial charge in [-0.05, 0) is 93.9 Å². The number of carbonyl (C=O) groups excluding carboxylic acids is 5. The Morgan fingerprint density at radius 3 is 2.42 bits per heavy atom. The molecule has 0 radical (unpaired) electrons. The molecule has 2 unspecified atom stereocenters. The average Bonchev–Trinajstić information content (AvgIpc) is 3.55. The van der Waals surface area contributed by atoms with Gasteiger partial charge in [-0.15, -0.1) is 0 Å². The van der Waals surface area contributed by atoms with Gasteiger partial charge >= 0.3 is 5.97 Å². The molecular weight excluding hydrogens is 1010 g/mol. The van der Waals surface area contributed by atoms with Gasteiger partial charge in [-0.3, -0.25) is 29.0 Å². The summed E-state index contributed by atoms with van der Waals surface area (Å²) in [5.41, 5.74) is 3.39. The van der Waals surface area contributed by atoms with Gasteiger partial charge in [-0.1, -0.05) is 110 Å². The number of allylic oxidation sites excluding steroid dienone is 5. The maximum Gasteiger partial charge on any atom is 0.325 e. The third-order valence-electron chi connectivity index (χ3n) is 17.8. The van der Waals surface area contributed by atoms with E-state index in [1.807, 2.05) is 58.9 Å². The van der Waals surface area contributed by atoms with Crippen LogP contribution in [0.4, 0.5) is 0 Å². The van der Waals surface area contributed by atoms with Gasteiger partial charge in [0.15, 0.2) is 5.79 Å². The molecule has 5 aliphatic rings. The molecule has 4 amide bonds. The van der Waals surface area contributed by atoms with E-state index in [0.717, 1.165) is 12.0 Å². The van der Waals surface area contributed by atoms with Gasteiger partial charge in [0, 0.05) is 68.9 Å². The van der Waals surface area contributed by atoms with Gasteiger partial charge in [-0.25, -0.2) is 5.43 Å². The molecule has 2 bridgehead atoms. The summed E-state index contributed by atoms with van der Waals surface area (Å²) < 4.78 is 25.2. The zero-order chi connectivity index (χ0) is 57.9. The lowest BCUT2D eigenvalue weighted by Crippen LogP contribution is -2.71. The van der Waals surface area contributed by atoms with Crippen LogP contribution in [0.5, 0.6) is 5.75 Å². The molecule has 18 heteroatoms. The first kappa shape index (κ1) is 63.2. The second-order valence-electron chi connectivity index (χ2n) is 23.9. The number of nitrogens with zero attached hydrogens (tertiary/aromatic N) is 1. The van der Waals surface area contributed by atoms with Crippen molar-refractivity contribution in [3.8, 4) is 5.75 Å². The SMILES string of the molecule is CC[C@H]1C[C@H](C)[C@@]2(NC1=O)O[C@@H](C[C@H](O)[C@@H](C)CC/C=C/C=C(\C)[C@@H]1C/C=C/C=C/[C@H](O)[C@H](C)C3O[C@](C)(OC)CC[C@H]3C(=O)N[C@@H](C(C)C)C(=O)N[C@@H](Cc3cccc(O)c3)C(=O)N3CCCC(N3)C(=O)O1)[C@H](C)[C@H](O)[C@@H]2C. The highest BCUT2D eigenvalue weighted by molar-refractivity contribution is 5.93.